The first-order valence-electron chi connectivity index (χ1n) is 6.56. The van der Waals surface area contributed by atoms with Gasteiger partial charge in [-0.1, -0.05) is 18.5 Å². The Morgan fingerprint density at radius 2 is 2.30 bits per heavy atom. The lowest BCUT2D eigenvalue weighted by Crippen LogP contribution is -2.22. The smallest absolute Gasteiger partial charge is 0.347 e. The Morgan fingerprint density at radius 3 is 2.90 bits per heavy atom. The van der Waals surface area contributed by atoms with Crippen molar-refractivity contribution in [3.63, 3.8) is 0 Å². The van der Waals surface area contributed by atoms with E-state index in [2.05, 4.69) is 5.32 Å². The molecule has 1 aromatic rings. The second-order valence-corrected chi connectivity index (χ2v) is 4.86. The number of benzene rings is 1. The molecule has 0 saturated carbocycles. The van der Waals surface area contributed by atoms with Gasteiger partial charge in [0, 0.05) is 13.0 Å². The van der Waals surface area contributed by atoms with Gasteiger partial charge in [-0.3, -0.25) is 0 Å². The SMILES string of the molecule is CCNCc1cc(Cl)c(OC2CCOC2=O)c(OC)c1. The Balaban J connectivity index is 2.20. The number of halogens is 1. The first kappa shape index (κ1) is 14.9. The predicted octanol–water partition coefficient (Wildman–Crippen LogP) is 2.15. The number of esters is 1. The number of rotatable bonds is 6. The Hall–Kier alpha value is -1.46. The molecule has 1 saturated heterocycles. The highest BCUT2D eigenvalue weighted by Gasteiger charge is 2.30. The van der Waals surface area contributed by atoms with Gasteiger partial charge in [-0.25, -0.2) is 4.79 Å². The molecule has 1 heterocycles. The Kier molecular flexibility index (Phi) is 5.09. The Bertz CT molecular complexity index is 492. The minimum atomic E-state index is -0.610. The van der Waals surface area contributed by atoms with Crippen LogP contribution in [0.15, 0.2) is 12.1 Å². The average molecular weight is 300 g/mol. The number of ether oxygens (including phenoxy) is 3. The van der Waals surface area contributed by atoms with E-state index in [1.165, 1.54) is 0 Å². The summed E-state index contributed by atoms with van der Waals surface area (Å²) in [6.07, 6.45) is -0.0849. The molecule has 0 bridgehead atoms. The average Bonchev–Trinajstić information content (AvgIpc) is 2.84. The highest BCUT2D eigenvalue weighted by atomic mass is 35.5. The fraction of sp³-hybridized carbons (Fsp3) is 0.500. The maximum atomic E-state index is 11.5. The molecular weight excluding hydrogens is 282 g/mol. The van der Waals surface area contributed by atoms with Gasteiger partial charge in [0.05, 0.1) is 18.7 Å². The molecule has 0 spiro atoms. The van der Waals surface area contributed by atoms with Gasteiger partial charge in [0.15, 0.2) is 17.6 Å². The van der Waals surface area contributed by atoms with Crippen LogP contribution in [-0.2, 0) is 16.1 Å². The molecule has 1 unspecified atom stereocenters. The zero-order chi connectivity index (χ0) is 14.5. The third kappa shape index (κ3) is 3.35. The monoisotopic (exact) mass is 299 g/mol. The molecule has 0 amide bonds. The van der Waals surface area contributed by atoms with Crippen molar-refractivity contribution in [3.8, 4) is 11.5 Å². The van der Waals surface area contributed by atoms with Gasteiger partial charge in [0.25, 0.3) is 0 Å². The van der Waals surface area contributed by atoms with Gasteiger partial charge in [0.2, 0.25) is 0 Å². The second kappa shape index (κ2) is 6.81. The second-order valence-electron chi connectivity index (χ2n) is 4.45. The largest absolute Gasteiger partial charge is 0.493 e. The number of nitrogens with one attached hydrogen (secondary N) is 1. The van der Waals surface area contributed by atoms with Crippen LogP contribution in [0, 0.1) is 0 Å². The van der Waals surface area contributed by atoms with Crippen molar-refractivity contribution in [1.29, 1.82) is 0 Å². The molecule has 2 rings (SSSR count). The van der Waals surface area contributed by atoms with Crippen molar-refractivity contribution in [1.82, 2.24) is 5.32 Å². The summed E-state index contributed by atoms with van der Waals surface area (Å²) in [6, 6.07) is 3.66. The highest BCUT2D eigenvalue weighted by molar-refractivity contribution is 6.32. The first-order valence-corrected chi connectivity index (χ1v) is 6.94. The summed E-state index contributed by atoms with van der Waals surface area (Å²) in [6.45, 7) is 3.97. The molecule has 1 fully saturated rings. The summed E-state index contributed by atoms with van der Waals surface area (Å²) in [5.74, 6) is 0.545. The molecular formula is C14H18ClNO4. The van der Waals surface area contributed by atoms with E-state index in [-0.39, 0.29) is 5.97 Å². The van der Waals surface area contributed by atoms with Gasteiger partial charge in [-0.15, -0.1) is 0 Å². The normalized spacial score (nSPS) is 17.9. The van der Waals surface area contributed by atoms with Crippen molar-refractivity contribution >= 4 is 17.6 Å². The van der Waals surface area contributed by atoms with Crippen LogP contribution in [0.4, 0.5) is 0 Å². The van der Waals surface area contributed by atoms with Gasteiger partial charge in [-0.05, 0) is 24.2 Å². The zero-order valence-corrected chi connectivity index (χ0v) is 12.3. The van der Waals surface area contributed by atoms with E-state index < -0.39 is 6.10 Å². The number of carbonyl (C=O) groups excluding carboxylic acids is 1. The van der Waals surface area contributed by atoms with E-state index >= 15 is 0 Å². The molecule has 1 aliphatic heterocycles. The summed E-state index contributed by atoms with van der Waals surface area (Å²) < 4.78 is 15.8. The van der Waals surface area contributed by atoms with Crippen molar-refractivity contribution in [2.45, 2.75) is 26.0 Å². The highest BCUT2D eigenvalue weighted by Crippen LogP contribution is 2.37. The van der Waals surface area contributed by atoms with Gasteiger partial charge >= 0.3 is 5.97 Å². The van der Waals surface area contributed by atoms with Crippen LogP contribution in [0.3, 0.4) is 0 Å². The third-order valence-electron chi connectivity index (χ3n) is 3.02. The maximum Gasteiger partial charge on any atom is 0.347 e. The van der Waals surface area contributed by atoms with Crippen molar-refractivity contribution in [2.24, 2.45) is 0 Å². The van der Waals surface area contributed by atoms with E-state index in [0.29, 0.717) is 36.1 Å². The van der Waals surface area contributed by atoms with E-state index in [0.717, 1.165) is 12.1 Å². The van der Waals surface area contributed by atoms with Crippen LogP contribution in [0.2, 0.25) is 5.02 Å². The molecule has 0 aromatic heterocycles. The molecule has 6 heteroatoms. The number of carbonyl (C=O) groups is 1. The van der Waals surface area contributed by atoms with Crippen molar-refractivity contribution < 1.29 is 19.0 Å². The lowest BCUT2D eigenvalue weighted by atomic mass is 10.2. The topological polar surface area (TPSA) is 56.8 Å². The molecule has 20 heavy (non-hydrogen) atoms. The summed E-state index contributed by atoms with van der Waals surface area (Å²) in [5.41, 5.74) is 0.995. The van der Waals surface area contributed by atoms with Gasteiger partial charge in [0.1, 0.15) is 0 Å². The van der Waals surface area contributed by atoms with Gasteiger partial charge < -0.3 is 19.5 Å². The molecule has 1 aliphatic rings. The maximum absolute atomic E-state index is 11.5. The standard InChI is InChI=1S/C14H18ClNO4/c1-3-16-8-9-6-10(15)13(12(7-9)18-2)20-11-4-5-19-14(11)17/h6-7,11,16H,3-5,8H2,1-2H3. The van der Waals surface area contributed by atoms with Crippen LogP contribution in [0.1, 0.15) is 18.9 Å². The molecule has 0 radical (unpaired) electrons. The first-order chi connectivity index (χ1) is 9.65. The quantitative estimate of drug-likeness (QED) is 0.816. The summed E-state index contributed by atoms with van der Waals surface area (Å²) in [4.78, 5) is 11.5. The van der Waals surface area contributed by atoms with E-state index in [1.807, 2.05) is 19.1 Å². The van der Waals surface area contributed by atoms with E-state index in [4.69, 9.17) is 25.8 Å². The number of cyclic esters (lactones) is 1. The van der Waals surface area contributed by atoms with Crippen LogP contribution in [0.5, 0.6) is 11.5 Å². The molecule has 1 N–H and O–H groups in total. The lowest BCUT2D eigenvalue weighted by molar-refractivity contribution is -0.143. The molecule has 1 atom stereocenters. The number of hydrogen-bond donors (Lipinski definition) is 1. The Morgan fingerprint density at radius 1 is 1.50 bits per heavy atom. The van der Waals surface area contributed by atoms with Crippen LogP contribution in [0.25, 0.3) is 0 Å². The number of hydrogen-bond acceptors (Lipinski definition) is 5. The van der Waals surface area contributed by atoms with Crippen molar-refractivity contribution in [2.75, 3.05) is 20.3 Å². The summed E-state index contributed by atoms with van der Waals surface area (Å²) in [5, 5.41) is 3.64. The van der Waals surface area contributed by atoms with Crippen LogP contribution < -0.4 is 14.8 Å². The minimum Gasteiger partial charge on any atom is -0.493 e. The predicted molar refractivity (Wildman–Crippen MR) is 75.4 cm³/mol. The molecule has 5 nitrogen and oxygen atoms in total. The zero-order valence-electron chi connectivity index (χ0n) is 11.6. The Labute approximate surface area is 123 Å². The summed E-state index contributed by atoms with van der Waals surface area (Å²) in [7, 11) is 1.54. The molecule has 110 valence electrons. The van der Waals surface area contributed by atoms with Crippen LogP contribution in [-0.4, -0.2) is 32.3 Å². The number of methoxy groups -OCH3 is 1. The van der Waals surface area contributed by atoms with Crippen LogP contribution >= 0.6 is 11.6 Å². The van der Waals surface area contributed by atoms with E-state index in [9.17, 15) is 4.79 Å². The third-order valence-corrected chi connectivity index (χ3v) is 3.30. The lowest BCUT2D eigenvalue weighted by Gasteiger charge is -2.16. The van der Waals surface area contributed by atoms with Gasteiger partial charge in [-0.2, -0.15) is 0 Å². The molecule has 0 aliphatic carbocycles. The van der Waals surface area contributed by atoms with E-state index in [1.54, 1.807) is 7.11 Å². The fourth-order valence-electron chi connectivity index (χ4n) is 1.99. The van der Waals surface area contributed by atoms with Crippen molar-refractivity contribution in [3.05, 3.63) is 22.7 Å². The minimum absolute atomic E-state index is 0.361. The summed E-state index contributed by atoms with van der Waals surface area (Å²) >= 11 is 6.23. The molecule has 1 aromatic carbocycles. The fourth-order valence-corrected chi connectivity index (χ4v) is 2.26.